The summed E-state index contributed by atoms with van der Waals surface area (Å²) in [4.78, 5) is 0. The largest absolute Gasteiger partial charge is 0.396 e. The Hall–Kier alpha value is -0.790. The monoisotopic (exact) mass is 196 g/mol. The van der Waals surface area contributed by atoms with E-state index in [4.69, 9.17) is 16.7 Å². The number of aliphatic hydroxyl groups is 1. The maximum absolute atomic E-state index is 9.13. The van der Waals surface area contributed by atoms with Gasteiger partial charge in [-0.1, -0.05) is 35.9 Å². The molecule has 0 bridgehead atoms. The van der Waals surface area contributed by atoms with E-state index in [-0.39, 0.29) is 12.5 Å². The van der Waals surface area contributed by atoms with E-state index in [1.807, 2.05) is 24.3 Å². The van der Waals surface area contributed by atoms with Crippen LogP contribution in [0.5, 0.6) is 0 Å². The van der Waals surface area contributed by atoms with E-state index in [1.165, 1.54) is 0 Å². The van der Waals surface area contributed by atoms with E-state index in [9.17, 15) is 0 Å². The highest BCUT2D eigenvalue weighted by Gasteiger charge is 2.10. The van der Waals surface area contributed by atoms with Crippen molar-refractivity contribution in [3.05, 3.63) is 47.5 Å². The van der Waals surface area contributed by atoms with Crippen LogP contribution in [0.3, 0.4) is 0 Å². The summed E-state index contributed by atoms with van der Waals surface area (Å²) in [6.07, 6.45) is 2.55. The molecule has 1 N–H and O–H groups in total. The lowest BCUT2D eigenvalue weighted by molar-refractivity contribution is 0.266. The number of benzene rings is 1. The van der Waals surface area contributed by atoms with Gasteiger partial charge in [0.05, 0.1) is 6.61 Å². The molecule has 0 aliphatic carbocycles. The molecule has 1 aromatic rings. The fourth-order valence-electron chi connectivity index (χ4n) is 1.31. The van der Waals surface area contributed by atoms with Crippen LogP contribution in [0.25, 0.3) is 0 Å². The number of hydrogen-bond acceptors (Lipinski definition) is 1. The Kier molecular flexibility index (Phi) is 4.00. The average molecular weight is 197 g/mol. The fourth-order valence-corrected chi connectivity index (χ4v) is 1.60. The van der Waals surface area contributed by atoms with Crippen molar-refractivity contribution in [3.63, 3.8) is 0 Å². The first-order valence-electron chi connectivity index (χ1n) is 4.25. The Bertz CT molecular complexity index is 283. The minimum absolute atomic E-state index is 0.0752. The minimum atomic E-state index is 0.0752. The van der Waals surface area contributed by atoms with E-state index in [1.54, 1.807) is 6.08 Å². The maximum atomic E-state index is 9.13. The second-order valence-electron chi connectivity index (χ2n) is 2.93. The molecule has 0 amide bonds. The molecule has 0 saturated heterocycles. The van der Waals surface area contributed by atoms with Gasteiger partial charge in [0.25, 0.3) is 0 Å². The van der Waals surface area contributed by atoms with Gasteiger partial charge in [0.15, 0.2) is 0 Å². The summed E-state index contributed by atoms with van der Waals surface area (Å²) in [6.45, 7) is 3.76. The number of hydrogen-bond donors (Lipinski definition) is 1. The van der Waals surface area contributed by atoms with Gasteiger partial charge in [-0.05, 0) is 18.1 Å². The Labute approximate surface area is 83.7 Å². The lowest BCUT2D eigenvalue weighted by Crippen LogP contribution is -2.03. The molecule has 70 valence electrons. The Balaban J connectivity index is 2.90. The van der Waals surface area contributed by atoms with Gasteiger partial charge in [-0.25, -0.2) is 0 Å². The summed E-state index contributed by atoms with van der Waals surface area (Å²) in [5.41, 5.74) is 0.992. The summed E-state index contributed by atoms with van der Waals surface area (Å²) in [6, 6.07) is 7.58. The molecule has 0 radical (unpaired) electrons. The predicted molar refractivity (Wildman–Crippen MR) is 56.1 cm³/mol. The van der Waals surface area contributed by atoms with Crippen molar-refractivity contribution < 1.29 is 5.11 Å². The highest BCUT2D eigenvalue weighted by Crippen LogP contribution is 2.26. The second kappa shape index (κ2) is 5.05. The zero-order valence-corrected chi connectivity index (χ0v) is 8.17. The van der Waals surface area contributed by atoms with Crippen LogP contribution in [-0.4, -0.2) is 11.7 Å². The lowest BCUT2D eigenvalue weighted by atomic mass is 9.97. The third-order valence-electron chi connectivity index (χ3n) is 2.02. The van der Waals surface area contributed by atoms with Crippen LogP contribution in [0.2, 0.25) is 5.02 Å². The van der Waals surface area contributed by atoms with Crippen LogP contribution in [-0.2, 0) is 0 Å². The van der Waals surface area contributed by atoms with Gasteiger partial charge in [0.1, 0.15) is 0 Å². The summed E-state index contributed by atoms with van der Waals surface area (Å²) >= 11 is 5.99. The van der Waals surface area contributed by atoms with Crippen molar-refractivity contribution >= 4 is 11.6 Å². The fraction of sp³-hybridized carbons (Fsp3) is 0.273. The van der Waals surface area contributed by atoms with Crippen LogP contribution >= 0.6 is 11.6 Å². The summed E-state index contributed by atoms with van der Waals surface area (Å²) in [7, 11) is 0. The third kappa shape index (κ3) is 2.58. The van der Waals surface area contributed by atoms with Crippen LogP contribution in [0.1, 0.15) is 17.9 Å². The molecule has 0 aromatic heterocycles. The lowest BCUT2D eigenvalue weighted by Gasteiger charge is -2.13. The molecule has 1 atom stereocenters. The van der Waals surface area contributed by atoms with Gasteiger partial charge in [0, 0.05) is 10.9 Å². The molecule has 0 heterocycles. The zero-order chi connectivity index (χ0) is 9.68. The molecule has 0 aliphatic rings. The topological polar surface area (TPSA) is 20.2 Å². The van der Waals surface area contributed by atoms with Gasteiger partial charge in [0.2, 0.25) is 0 Å². The van der Waals surface area contributed by atoms with Crippen molar-refractivity contribution in [1.29, 1.82) is 0 Å². The number of halogens is 1. The summed E-state index contributed by atoms with van der Waals surface area (Å²) in [5, 5.41) is 9.84. The summed E-state index contributed by atoms with van der Waals surface area (Å²) < 4.78 is 0. The van der Waals surface area contributed by atoms with Crippen LogP contribution in [0, 0.1) is 0 Å². The Morgan fingerprint density at radius 3 is 2.69 bits per heavy atom. The SMILES string of the molecule is C=CCC(CO)c1ccccc1Cl. The number of aliphatic hydroxyl groups excluding tert-OH is 1. The quantitative estimate of drug-likeness (QED) is 0.735. The standard InChI is InChI=1S/C11H13ClO/c1-2-5-9(8-13)10-6-3-4-7-11(10)12/h2-4,6-7,9,13H,1,5,8H2. The van der Waals surface area contributed by atoms with Crippen molar-refractivity contribution in [2.24, 2.45) is 0 Å². The molecule has 1 aromatic carbocycles. The van der Waals surface area contributed by atoms with E-state index in [0.29, 0.717) is 5.02 Å². The minimum Gasteiger partial charge on any atom is -0.396 e. The second-order valence-corrected chi connectivity index (χ2v) is 3.33. The van der Waals surface area contributed by atoms with Gasteiger partial charge >= 0.3 is 0 Å². The first-order chi connectivity index (χ1) is 6.29. The zero-order valence-electron chi connectivity index (χ0n) is 7.41. The molecular formula is C11H13ClO. The first-order valence-corrected chi connectivity index (χ1v) is 4.63. The molecule has 0 saturated carbocycles. The molecule has 2 heteroatoms. The third-order valence-corrected chi connectivity index (χ3v) is 2.36. The number of rotatable bonds is 4. The molecule has 1 nitrogen and oxygen atoms in total. The van der Waals surface area contributed by atoms with Crippen LogP contribution in [0.15, 0.2) is 36.9 Å². The van der Waals surface area contributed by atoms with Crippen molar-refractivity contribution in [3.8, 4) is 0 Å². The predicted octanol–water partition coefficient (Wildman–Crippen LogP) is 2.99. The van der Waals surface area contributed by atoms with E-state index in [2.05, 4.69) is 6.58 Å². The Morgan fingerprint density at radius 2 is 2.15 bits per heavy atom. The maximum Gasteiger partial charge on any atom is 0.0503 e. The highest BCUT2D eigenvalue weighted by molar-refractivity contribution is 6.31. The van der Waals surface area contributed by atoms with Crippen molar-refractivity contribution in [2.45, 2.75) is 12.3 Å². The van der Waals surface area contributed by atoms with Gasteiger partial charge < -0.3 is 5.11 Å². The summed E-state index contributed by atoms with van der Waals surface area (Å²) in [5.74, 6) is 0.0752. The van der Waals surface area contributed by atoms with E-state index in [0.717, 1.165) is 12.0 Å². The molecule has 0 fully saturated rings. The van der Waals surface area contributed by atoms with Crippen molar-refractivity contribution in [1.82, 2.24) is 0 Å². The first kappa shape index (κ1) is 10.3. The Morgan fingerprint density at radius 1 is 1.46 bits per heavy atom. The van der Waals surface area contributed by atoms with E-state index < -0.39 is 0 Å². The average Bonchev–Trinajstić information content (AvgIpc) is 2.16. The molecule has 0 aliphatic heterocycles. The molecular weight excluding hydrogens is 184 g/mol. The van der Waals surface area contributed by atoms with Crippen LogP contribution in [0.4, 0.5) is 0 Å². The van der Waals surface area contributed by atoms with Crippen molar-refractivity contribution in [2.75, 3.05) is 6.61 Å². The highest BCUT2D eigenvalue weighted by atomic mass is 35.5. The van der Waals surface area contributed by atoms with E-state index >= 15 is 0 Å². The van der Waals surface area contributed by atoms with Gasteiger partial charge in [-0.3, -0.25) is 0 Å². The van der Waals surface area contributed by atoms with Gasteiger partial charge in [-0.15, -0.1) is 6.58 Å². The van der Waals surface area contributed by atoms with Crippen LogP contribution < -0.4 is 0 Å². The normalized spacial score (nSPS) is 12.5. The smallest absolute Gasteiger partial charge is 0.0503 e. The van der Waals surface area contributed by atoms with Gasteiger partial charge in [-0.2, -0.15) is 0 Å². The molecule has 1 rings (SSSR count). The molecule has 1 unspecified atom stereocenters. The molecule has 0 spiro atoms. The number of allylic oxidation sites excluding steroid dienone is 1. The molecule has 13 heavy (non-hydrogen) atoms.